The summed E-state index contributed by atoms with van der Waals surface area (Å²) in [6, 6.07) is 26.2. The standard InChI is InChI=1S/C29H25ClN4O/c30-27-22-9-4-5-10-23(22)32-28(27)21-14-12-20(13-15-21)24-18-31-29(33-24)25-11-6-16-34(25)26(35)17-19-7-2-1-3-8-19/h1-5,7-10,12-15,18,25,32H,6,11,16-17H2,(H,31,33)/t25-/m0/s1. The maximum Gasteiger partial charge on any atom is 0.227 e. The number of aromatic amines is 2. The lowest BCUT2D eigenvalue weighted by Crippen LogP contribution is -2.32. The third-order valence-electron chi connectivity index (χ3n) is 6.80. The van der Waals surface area contributed by atoms with Gasteiger partial charge in [0.2, 0.25) is 5.91 Å². The van der Waals surface area contributed by atoms with Gasteiger partial charge in [-0.3, -0.25) is 4.79 Å². The van der Waals surface area contributed by atoms with Crippen LogP contribution >= 0.6 is 11.6 Å². The van der Waals surface area contributed by atoms with Crippen LogP contribution < -0.4 is 0 Å². The van der Waals surface area contributed by atoms with Gasteiger partial charge in [0.05, 0.1) is 28.9 Å². The average Bonchev–Trinajstić information content (AvgIpc) is 3.64. The zero-order valence-corrected chi connectivity index (χ0v) is 19.9. The molecule has 1 amide bonds. The second kappa shape index (κ2) is 9.08. The number of likely N-dealkylation sites (tertiary alicyclic amines) is 1. The minimum atomic E-state index is -0.00982. The molecule has 6 heteroatoms. The highest BCUT2D eigenvalue weighted by Crippen LogP contribution is 2.36. The number of amides is 1. The second-order valence-corrected chi connectivity index (χ2v) is 9.39. The Balaban J connectivity index is 1.21. The van der Waals surface area contributed by atoms with Crippen molar-refractivity contribution in [1.29, 1.82) is 0 Å². The van der Waals surface area contributed by atoms with E-state index in [-0.39, 0.29) is 11.9 Å². The van der Waals surface area contributed by atoms with Crippen molar-refractivity contribution in [3.63, 3.8) is 0 Å². The lowest BCUT2D eigenvalue weighted by molar-refractivity contribution is -0.131. The molecule has 2 N–H and O–H groups in total. The Kier molecular flexibility index (Phi) is 5.63. The first-order valence-electron chi connectivity index (χ1n) is 11.9. The summed E-state index contributed by atoms with van der Waals surface area (Å²) in [5.41, 5.74) is 5.90. The van der Waals surface area contributed by atoms with Crippen molar-refractivity contribution in [3.8, 4) is 22.5 Å². The number of carbonyl (C=O) groups is 1. The van der Waals surface area contributed by atoms with Gasteiger partial charge in [0, 0.05) is 29.2 Å². The molecular formula is C29H25ClN4O. The molecule has 1 atom stereocenters. The molecule has 5 aromatic rings. The summed E-state index contributed by atoms with van der Waals surface area (Å²) in [6.07, 6.45) is 4.26. The molecule has 1 fully saturated rings. The van der Waals surface area contributed by atoms with Crippen LogP contribution in [-0.2, 0) is 11.2 Å². The summed E-state index contributed by atoms with van der Waals surface area (Å²) in [5, 5.41) is 1.75. The molecule has 3 aromatic carbocycles. The van der Waals surface area contributed by atoms with E-state index in [2.05, 4.69) is 34.2 Å². The normalized spacial score (nSPS) is 15.7. The minimum Gasteiger partial charge on any atom is -0.353 e. The van der Waals surface area contributed by atoms with Crippen molar-refractivity contribution in [2.24, 2.45) is 0 Å². The van der Waals surface area contributed by atoms with E-state index in [1.54, 1.807) is 0 Å². The molecule has 1 aliphatic rings. The van der Waals surface area contributed by atoms with Crippen LogP contribution in [-0.4, -0.2) is 32.3 Å². The van der Waals surface area contributed by atoms with Crippen molar-refractivity contribution in [2.75, 3.05) is 6.54 Å². The summed E-state index contributed by atoms with van der Waals surface area (Å²) < 4.78 is 0. The highest BCUT2D eigenvalue weighted by molar-refractivity contribution is 6.38. The molecule has 174 valence electrons. The van der Waals surface area contributed by atoms with Gasteiger partial charge in [0.1, 0.15) is 5.82 Å². The lowest BCUT2D eigenvalue weighted by atomic mass is 10.1. The van der Waals surface area contributed by atoms with Crippen molar-refractivity contribution >= 4 is 28.4 Å². The molecule has 2 aromatic heterocycles. The van der Waals surface area contributed by atoms with Crippen molar-refractivity contribution in [3.05, 3.63) is 101 Å². The third-order valence-corrected chi connectivity index (χ3v) is 7.19. The van der Waals surface area contributed by atoms with Gasteiger partial charge in [0.15, 0.2) is 0 Å². The number of H-pyrrole nitrogens is 2. The minimum absolute atomic E-state index is 0.00982. The number of para-hydroxylation sites is 1. The predicted octanol–water partition coefficient (Wildman–Crippen LogP) is 6.78. The fourth-order valence-corrected chi connectivity index (χ4v) is 5.31. The molecule has 0 radical (unpaired) electrons. The van der Waals surface area contributed by atoms with Gasteiger partial charge in [-0.2, -0.15) is 0 Å². The van der Waals surface area contributed by atoms with Gasteiger partial charge < -0.3 is 14.9 Å². The monoisotopic (exact) mass is 480 g/mol. The van der Waals surface area contributed by atoms with Crippen LogP contribution in [0.1, 0.15) is 30.3 Å². The molecule has 0 unspecified atom stereocenters. The fourth-order valence-electron chi connectivity index (χ4n) is 4.99. The molecule has 5 nitrogen and oxygen atoms in total. The Morgan fingerprint density at radius 1 is 0.971 bits per heavy atom. The van der Waals surface area contributed by atoms with Crippen LogP contribution in [0.25, 0.3) is 33.4 Å². The summed E-state index contributed by atoms with van der Waals surface area (Å²) >= 11 is 6.63. The fraction of sp³-hybridized carbons (Fsp3) is 0.172. The van der Waals surface area contributed by atoms with Crippen LogP contribution in [0.15, 0.2) is 85.1 Å². The van der Waals surface area contributed by atoms with Gasteiger partial charge in [-0.25, -0.2) is 4.98 Å². The highest BCUT2D eigenvalue weighted by Gasteiger charge is 2.31. The molecule has 3 heterocycles. The maximum absolute atomic E-state index is 13.0. The number of hydrogen-bond acceptors (Lipinski definition) is 2. The van der Waals surface area contributed by atoms with Gasteiger partial charge in [-0.05, 0) is 30.0 Å². The Bertz CT molecular complexity index is 1490. The van der Waals surface area contributed by atoms with Crippen molar-refractivity contribution in [1.82, 2.24) is 19.9 Å². The van der Waals surface area contributed by atoms with Crippen LogP contribution in [0.5, 0.6) is 0 Å². The summed E-state index contributed by atoms with van der Waals surface area (Å²) in [4.78, 5) is 26.6. The van der Waals surface area contributed by atoms with Crippen molar-refractivity contribution < 1.29 is 4.79 Å². The zero-order valence-electron chi connectivity index (χ0n) is 19.2. The first kappa shape index (κ1) is 21.7. The topological polar surface area (TPSA) is 64.8 Å². The van der Waals surface area contributed by atoms with E-state index in [0.29, 0.717) is 6.42 Å². The number of fused-ring (bicyclic) bond motifs is 1. The van der Waals surface area contributed by atoms with Crippen LogP contribution in [0, 0.1) is 0 Å². The molecule has 1 aliphatic heterocycles. The molecule has 0 aliphatic carbocycles. The number of nitrogens with one attached hydrogen (secondary N) is 2. The van der Waals surface area contributed by atoms with Gasteiger partial charge in [0.25, 0.3) is 0 Å². The number of nitrogens with zero attached hydrogens (tertiary/aromatic N) is 2. The summed E-state index contributed by atoms with van der Waals surface area (Å²) in [5.74, 6) is 0.998. The molecule has 0 bridgehead atoms. The molecule has 1 saturated heterocycles. The Hall–Kier alpha value is -3.83. The molecule has 35 heavy (non-hydrogen) atoms. The van der Waals surface area contributed by atoms with E-state index in [1.165, 1.54) is 0 Å². The van der Waals surface area contributed by atoms with E-state index in [0.717, 1.165) is 69.2 Å². The number of hydrogen-bond donors (Lipinski definition) is 2. The van der Waals surface area contributed by atoms with Crippen LogP contribution in [0.2, 0.25) is 5.02 Å². The number of rotatable bonds is 5. The van der Waals surface area contributed by atoms with Gasteiger partial charge in [-0.15, -0.1) is 0 Å². The predicted molar refractivity (Wildman–Crippen MR) is 140 cm³/mol. The maximum atomic E-state index is 13.0. The summed E-state index contributed by atoms with van der Waals surface area (Å²) in [7, 11) is 0. The van der Waals surface area contributed by atoms with Gasteiger partial charge in [-0.1, -0.05) is 84.4 Å². The van der Waals surface area contributed by atoms with Crippen molar-refractivity contribution in [2.45, 2.75) is 25.3 Å². The lowest BCUT2D eigenvalue weighted by Gasteiger charge is -2.23. The van der Waals surface area contributed by atoms with E-state index in [1.807, 2.05) is 65.7 Å². The molecule has 0 spiro atoms. The second-order valence-electron chi connectivity index (χ2n) is 9.02. The average molecular weight is 481 g/mol. The smallest absolute Gasteiger partial charge is 0.227 e. The summed E-state index contributed by atoms with van der Waals surface area (Å²) in [6.45, 7) is 0.770. The zero-order chi connectivity index (χ0) is 23.8. The number of halogens is 1. The number of aromatic nitrogens is 3. The van der Waals surface area contributed by atoms with E-state index < -0.39 is 0 Å². The van der Waals surface area contributed by atoms with Crippen LogP contribution in [0.4, 0.5) is 0 Å². The number of benzene rings is 3. The van der Waals surface area contributed by atoms with E-state index in [4.69, 9.17) is 16.6 Å². The van der Waals surface area contributed by atoms with Gasteiger partial charge >= 0.3 is 0 Å². The highest BCUT2D eigenvalue weighted by atomic mass is 35.5. The SMILES string of the molecule is O=C(Cc1ccccc1)N1CCC[C@H]1c1nc(-c2ccc(-c3[nH]c4ccccc4c3Cl)cc2)c[nH]1. The van der Waals surface area contributed by atoms with E-state index >= 15 is 0 Å². The molecule has 0 saturated carbocycles. The molecule has 6 rings (SSSR count). The van der Waals surface area contributed by atoms with E-state index in [9.17, 15) is 4.79 Å². The quantitative estimate of drug-likeness (QED) is 0.291. The first-order chi connectivity index (χ1) is 17.2. The number of imidazole rings is 1. The Labute approximate surface area is 208 Å². The third kappa shape index (κ3) is 4.13. The number of carbonyl (C=O) groups excluding carboxylic acids is 1. The first-order valence-corrected chi connectivity index (χ1v) is 12.3. The Morgan fingerprint density at radius 2 is 1.71 bits per heavy atom. The van der Waals surface area contributed by atoms with Crippen LogP contribution in [0.3, 0.4) is 0 Å². The molecular weight excluding hydrogens is 456 g/mol. The Morgan fingerprint density at radius 3 is 2.51 bits per heavy atom. The largest absolute Gasteiger partial charge is 0.353 e.